The molecule has 6 heteroatoms. The highest BCUT2D eigenvalue weighted by Crippen LogP contribution is 2.34. The van der Waals surface area contributed by atoms with Crippen molar-refractivity contribution < 1.29 is 18.3 Å². The lowest BCUT2D eigenvalue weighted by Crippen LogP contribution is -2.45. The van der Waals surface area contributed by atoms with Gasteiger partial charge in [0.25, 0.3) is 0 Å². The van der Waals surface area contributed by atoms with E-state index >= 15 is 0 Å². The van der Waals surface area contributed by atoms with Crippen LogP contribution in [0.25, 0.3) is 0 Å². The molecule has 0 amide bonds. The van der Waals surface area contributed by atoms with Crippen LogP contribution in [0.3, 0.4) is 0 Å². The van der Waals surface area contributed by atoms with Gasteiger partial charge >= 0.3 is 6.18 Å². The van der Waals surface area contributed by atoms with Crippen molar-refractivity contribution >= 4 is 22.6 Å². The molecule has 0 rings (SSSR count). The SMILES string of the molecule is NC[C@@](O)(I)C(F)(F)F. The van der Waals surface area contributed by atoms with Gasteiger partial charge in [0, 0.05) is 6.54 Å². The van der Waals surface area contributed by atoms with Crippen LogP contribution in [0.5, 0.6) is 0 Å². The number of aliphatic hydroxyl groups is 1. The molecule has 0 aromatic heterocycles. The van der Waals surface area contributed by atoms with E-state index in [-0.39, 0.29) is 0 Å². The van der Waals surface area contributed by atoms with Crippen molar-refractivity contribution in [1.82, 2.24) is 0 Å². The standard InChI is InChI=1S/C3H5F3INO/c4-3(5,6)2(7,9)1-8/h9H,1,8H2/t2-/m0/s1. The Morgan fingerprint density at radius 3 is 1.78 bits per heavy atom. The smallest absolute Gasteiger partial charge is 0.370 e. The second-order valence-electron chi connectivity index (χ2n) is 1.46. The maximum Gasteiger partial charge on any atom is 0.427 e. The zero-order chi connectivity index (χ0) is 7.71. The molecule has 0 bridgehead atoms. The van der Waals surface area contributed by atoms with Gasteiger partial charge in [-0.2, -0.15) is 13.2 Å². The molecule has 0 radical (unpaired) electrons. The molecule has 0 aliphatic rings. The zero-order valence-corrected chi connectivity index (χ0v) is 6.40. The highest BCUT2D eigenvalue weighted by Gasteiger charge is 2.50. The molecule has 0 aromatic rings. The van der Waals surface area contributed by atoms with Crippen LogP contribution < -0.4 is 5.73 Å². The Balaban J connectivity index is 4.14. The zero-order valence-electron chi connectivity index (χ0n) is 4.24. The predicted octanol–water partition coefficient (Wildman–Crippen LogP) is 0.631. The van der Waals surface area contributed by atoms with Crippen molar-refractivity contribution in [2.24, 2.45) is 5.73 Å². The molecule has 0 fully saturated rings. The average Bonchev–Trinajstić information content (AvgIpc) is 1.64. The van der Waals surface area contributed by atoms with Crippen LogP contribution in [-0.4, -0.2) is 21.4 Å². The lowest BCUT2D eigenvalue weighted by molar-refractivity contribution is -0.208. The first-order valence-corrected chi connectivity index (χ1v) is 3.07. The van der Waals surface area contributed by atoms with Crippen molar-refractivity contribution in [3.05, 3.63) is 0 Å². The number of alkyl halides is 4. The number of rotatable bonds is 1. The molecule has 0 heterocycles. The van der Waals surface area contributed by atoms with E-state index in [2.05, 4.69) is 5.73 Å². The van der Waals surface area contributed by atoms with Gasteiger partial charge in [0.05, 0.1) is 0 Å². The first-order valence-electron chi connectivity index (χ1n) is 1.99. The fourth-order valence-corrected chi connectivity index (χ4v) is 0.116. The second-order valence-corrected chi connectivity index (χ2v) is 3.25. The van der Waals surface area contributed by atoms with Gasteiger partial charge in [-0.05, 0) is 22.6 Å². The molecular formula is C3H5F3INO. The topological polar surface area (TPSA) is 46.2 Å². The van der Waals surface area contributed by atoms with Crippen LogP contribution in [0.1, 0.15) is 0 Å². The third kappa shape index (κ3) is 2.26. The van der Waals surface area contributed by atoms with Gasteiger partial charge < -0.3 is 10.8 Å². The molecule has 3 N–H and O–H groups in total. The molecule has 1 atom stereocenters. The van der Waals surface area contributed by atoms with E-state index in [1.807, 2.05) is 0 Å². The first kappa shape index (κ1) is 9.44. The second kappa shape index (κ2) is 2.59. The van der Waals surface area contributed by atoms with Gasteiger partial charge in [0.15, 0.2) is 0 Å². The van der Waals surface area contributed by atoms with Gasteiger partial charge in [-0.1, -0.05) is 0 Å². The monoisotopic (exact) mass is 255 g/mol. The van der Waals surface area contributed by atoms with E-state index < -0.39 is 16.3 Å². The largest absolute Gasteiger partial charge is 0.427 e. The van der Waals surface area contributed by atoms with Gasteiger partial charge in [0.1, 0.15) is 0 Å². The fourth-order valence-electron chi connectivity index (χ4n) is 0.116. The summed E-state index contributed by atoms with van der Waals surface area (Å²) in [4.78, 5) is 0. The molecule has 0 aromatic carbocycles. The van der Waals surface area contributed by atoms with Crippen LogP contribution in [0.4, 0.5) is 13.2 Å². The van der Waals surface area contributed by atoms with Gasteiger partial charge in [-0.3, -0.25) is 0 Å². The quantitative estimate of drug-likeness (QED) is 0.533. The van der Waals surface area contributed by atoms with Crippen LogP contribution in [0.2, 0.25) is 0 Å². The number of hydrogen-bond donors (Lipinski definition) is 2. The minimum absolute atomic E-state index is 0.822. The molecule has 56 valence electrons. The minimum atomic E-state index is -4.64. The maximum absolute atomic E-state index is 11.5. The van der Waals surface area contributed by atoms with Gasteiger partial charge in [0.2, 0.25) is 3.61 Å². The summed E-state index contributed by atoms with van der Waals surface area (Å²) in [7, 11) is 0. The van der Waals surface area contributed by atoms with Crippen LogP contribution in [0, 0.1) is 0 Å². The normalized spacial score (nSPS) is 19.3. The van der Waals surface area contributed by atoms with E-state index in [0.29, 0.717) is 0 Å². The Morgan fingerprint density at radius 2 is 1.78 bits per heavy atom. The fraction of sp³-hybridized carbons (Fsp3) is 1.00. The summed E-state index contributed by atoms with van der Waals surface area (Å²) >= 11 is 0.852. The van der Waals surface area contributed by atoms with Gasteiger partial charge in [-0.15, -0.1) is 0 Å². The Hall–Kier alpha value is 0.440. The summed E-state index contributed by atoms with van der Waals surface area (Å²) in [6, 6.07) is 0. The number of hydrogen-bond acceptors (Lipinski definition) is 2. The van der Waals surface area contributed by atoms with Crippen molar-refractivity contribution in [3.8, 4) is 0 Å². The molecule has 0 saturated heterocycles. The minimum Gasteiger partial charge on any atom is -0.370 e. The number of halogens is 4. The Kier molecular flexibility index (Phi) is 2.71. The molecule has 0 spiro atoms. The van der Waals surface area contributed by atoms with Crippen molar-refractivity contribution in [2.75, 3.05) is 6.54 Å². The van der Waals surface area contributed by atoms with Crippen LogP contribution in [0.15, 0.2) is 0 Å². The summed E-state index contributed by atoms with van der Waals surface area (Å²) in [6.07, 6.45) is -4.64. The van der Waals surface area contributed by atoms with Crippen LogP contribution in [-0.2, 0) is 0 Å². The Labute approximate surface area is 63.4 Å². The first-order chi connectivity index (χ1) is 3.81. The summed E-state index contributed by atoms with van der Waals surface area (Å²) in [6.45, 7) is -0.822. The van der Waals surface area contributed by atoms with Gasteiger partial charge in [-0.25, -0.2) is 0 Å². The molecule has 0 saturated carbocycles. The van der Waals surface area contributed by atoms with Crippen molar-refractivity contribution in [3.63, 3.8) is 0 Å². The molecular weight excluding hydrogens is 250 g/mol. The molecule has 0 aliphatic heterocycles. The molecule has 0 unspecified atom stereocenters. The molecule has 0 aliphatic carbocycles. The highest BCUT2D eigenvalue weighted by atomic mass is 127. The average molecular weight is 255 g/mol. The maximum atomic E-state index is 11.5. The van der Waals surface area contributed by atoms with E-state index in [0.717, 1.165) is 22.6 Å². The van der Waals surface area contributed by atoms with E-state index in [4.69, 9.17) is 5.11 Å². The third-order valence-electron chi connectivity index (χ3n) is 0.705. The lowest BCUT2D eigenvalue weighted by Gasteiger charge is -2.21. The lowest BCUT2D eigenvalue weighted by atomic mass is 10.3. The molecule has 2 nitrogen and oxygen atoms in total. The summed E-state index contributed by atoms with van der Waals surface area (Å²) in [5.41, 5.74) is 4.61. The van der Waals surface area contributed by atoms with E-state index in [1.54, 1.807) is 0 Å². The van der Waals surface area contributed by atoms with Crippen LogP contribution >= 0.6 is 22.6 Å². The third-order valence-corrected chi connectivity index (χ3v) is 1.76. The van der Waals surface area contributed by atoms with E-state index in [9.17, 15) is 13.2 Å². The van der Waals surface area contributed by atoms with Crippen molar-refractivity contribution in [2.45, 2.75) is 9.78 Å². The summed E-state index contributed by atoms with van der Waals surface area (Å²) < 4.78 is 31.7. The molecule has 9 heavy (non-hydrogen) atoms. The highest BCUT2D eigenvalue weighted by molar-refractivity contribution is 14.1. The number of nitrogens with two attached hydrogens (primary N) is 1. The summed E-state index contributed by atoms with van der Waals surface area (Å²) in [5.74, 6) is 0. The Bertz CT molecular complexity index is 102. The summed E-state index contributed by atoms with van der Waals surface area (Å²) in [5, 5.41) is 8.40. The Morgan fingerprint density at radius 1 is 1.44 bits per heavy atom. The van der Waals surface area contributed by atoms with Crippen molar-refractivity contribution in [1.29, 1.82) is 0 Å². The van der Waals surface area contributed by atoms with E-state index in [1.165, 1.54) is 0 Å². The predicted molar refractivity (Wildman–Crippen MR) is 34.1 cm³/mol.